The number of nitrogens with one attached hydrogen (secondary N) is 1. The molecule has 1 aliphatic carbocycles. The summed E-state index contributed by atoms with van der Waals surface area (Å²) in [6.45, 7) is 5.27. The Hall–Kier alpha value is -2.10. The molecular formula is C17H20N4. The van der Waals surface area contributed by atoms with Gasteiger partial charge in [-0.2, -0.15) is 4.98 Å². The summed E-state index contributed by atoms with van der Waals surface area (Å²) in [5.41, 5.74) is 3.01. The van der Waals surface area contributed by atoms with E-state index in [0.29, 0.717) is 18.0 Å². The zero-order valence-corrected chi connectivity index (χ0v) is 12.5. The van der Waals surface area contributed by atoms with Crippen LogP contribution in [0, 0.1) is 0 Å². The second-order valence-corrected chi connectivity index (χ2v) is 6.27. The Bertz CT molecular complexity index is 667. The van der Waals surface area contributed by atoms with E-state index in [1.54, 1.807) is 0 Å². The number of anilines is 2. The van der Waals surface area contributed by atoms with Gasteiger partial charge in [-0.25, -0.2) is 4.98 Å². The minimum Gasteiger partial charge on any atom is -0.352 e. The van der Waals surface area contributed by atoms with Crippen LogP contribution in [0.2, 0.25) is 0 Å². The van der Waals surface area contributed by atoms with Gasteiger partial charge in [0.25, 0.3) is 0 Å². The van der Waals surface area contributed by atoms with Crippen LogP contribution in [0.15, 0.2) is 36.5 Å². The molecule has 4 rings (SSSR count). The molecule has 2 heterocycles. The van der Waals surface area contributed by atoms with Crippen LogP contribution in [0.3, 0.4) is 0 Å². The van der Waals surface area contributed by atoms with E-state index in [-0.39, 0.29) is 0 Å². The number of hydrogen-bond acceptors (Lipinski definition) is 4. The second-order valence-electron chi connectivity index (χ2n) is 6.27. The maximum absolute atomic E-state index is 4.69. The Kier molecular flexibility index (Phi) is 2.84. The van der Waals surface area contributed by atoms with Gasteiger partial charge < -0.3 is 10.2 Å². The van der Waals surface area contributed by atoms with Crippen molar-refractivity contribution < 1.29 is 0 Å². The predicted octanol–water partition coefficient (Wildman–Crippen LogP) is 3.35. The molecule has 1 saturated heterocycles. The molecule has 4 heteroatoms. The van der Waals surface area contributed by atoms with E-state index in [4.69, 9.17) is 4.98 Å². The summed E-state index contributed by atoms with van der Waals surface area (Å²) in [4.78, 5) is 11.4. The van der Waals surface area contributed by atoms with Crippen molar-refractivity contribution in [3.8, 4) is 0 Å². The third-order valence-electron chi connectivity index (χ3n) is 4.45. The van der Waals surface area contributed by atoms with Crippen molar-refractivity contribution in [1.82, 2.24) is 9.97 Å². The first-order chi connectivity index (χ1) is 10.2. The maximum atomic E-state index is 4.69. The largest absolute Gasteiger partial charge is 0.352 e. The van der Waals surface area contributed by atoms with Gasteiger partial charge in [0.1, 0.15) is 5.82 Å². The number of aromatic nitrogens is 2. The number of hydrogen-bond donors (Lipinski definition) is 1. The Morgan fingerprint density at radius 1 is 1.19 bits per heavy atom. The highest BCUT2D eigenvalue weighted by Gasteiger charge is 2.42. The second kappa shape index (κ2) is 4.72. The fourth-order valence-electron chi connectivity index (χ4n) is 3.63. The lowest BCUT2D eigenvalue weighted by Crippen LogP contribution is -2.28. The Morgan fingerprint density at radius 3 is 2.81 bits per heavy atom. The number of nitrogens with zero attached hydrogens (tertiary/aromatic N) is 3. The number of fused-ring (bicyclic) bond motifs is 5. The van der Waals surface area contributed by atoms with Gasteiger partial charge in [0.2, 0.25) is 5.95 Å². The van der Waals surface area contributed by atoms with Gasteiger partial charge in [0.05, 0.1) is 6.04 Å². The summed E-state index contributed by atoms with van der Waals surface area (Å²) in [6.07, 6.45) is 3.07. The molecule has 0 amide bonds. The Morgan fingerprint density at radius 2 is 2.00 bits per heavy atom. The van der Waals surface area contributed by atoms with Gasteiger partial charge in [-0.3, -0.25) is 0 Å². The van der Waals surface area contributed by atoms with Crippen LogP contribution < -0.4 is 10.2 Å². The van der Waals surface area contributed by atoms with E-state index < -0.39 is 0 Å². The summed E-state index contributed by atoms with van der Waals surface area (Å²) >= 11 is 0. The smallest absolute Gasteiger partial charge is 0.224 e. The van der Waals surface area contributed by atoms with E-state index in [1.165, 1.54) is 17.5 Å². The summed E-state index contributed by atoms with van der Waals surface area (Å²) in [5.74, 6) is 2.41. The maximum Gasteiger partial charge on any atom is 0.224 e. The Balaban J connectivity index is 1.65. The average Bonchev–Trinajstić information content (AvgIpc) is 3.06. The molecule has 1 N–H and O–H groups in total. The SMILES string of the molecule is CC(C)Nc1nccc(N2C[C@H]3C[C@H]2c2ccccc23)n1. The highest BCUT2D eigenvalue weighted by molar-refractivity contribution is 5.54. The van der Waals surface area contributed by atoms with Gasteiger partial charge >= 0.3 is 0 Å². The molecule has 1 fully saturated rings. The van der Waals surface area contributed by atoms with Gasteiger partial charge in [0.15, 0.2) is 0 Å². The first-order valence-electron chi connectivity index (χ1n) is 7.67. The minimum atomic E-state index is 0.344. The van der Waals surface area contributed by atoms with Crippen LogP contribution in [0.1, 0.15) is 43.4 Å². The van der Waals surface area contributed by atoms with E-state index in [9.17, 15) is 0 Å². The monoisotopic (exact) mass is 280 g/mol. The predicted molar refractivity (Wildman–Crippen MR) is 84.7 cm³/mol. The molecule has 0 spiro atoms. The Labute approximate surface area is 125 Å². The summed E-state index contributed by atoms with van der Waals surface area (Å²) < 4.78 is 0. The standard InChI is InChI=1S/C17H20N4/c1-11(2)19-17-18-8-7-16(20-17)21-10-12-9-15(21)14-6-4-3-5-13(12)14/h3-8,11-12,15H,9-10H2,1-2H3,(H,18,19,20)/t12-,15+/m1/s1. The van der Waals surface area contributed by atoms with E-state index in [1.807, 2.05) is 12.3 Å². The summed E-state index contributed by atoms with van der Waals surface area (Å²) in [7, 11) is 0. The van der Waals surface area contributed by atoms with Crippen molar-refractivity contribution in [2.24, 2.45) is 0 Å². The molecule has 1 aromatic carbocycles. The number of benzene rings is 1. The van der Waals surface area contributed by atoms with E-state index in [2.05, 4.69) is 53.3 Å². The highest BCUT2D eigenvalue weighted by Crippen LogP contribution is 2.51. The molecule has 0 saturated carbocycles. The topological polar surface area (TPSA) is 41.1 Å². The zero-order valence-electron chi connectivity index (χ0n) is 12.5. The fraction of sp³-hybridized carbons (Fsp3) is 0.412. The normalized spacial score (nSPS) is 22.7. The molecule has 0 radical (unpaired) electrons. The zero-order chi connectivity index (χ0) is 14.4. The fourth-order valence-corrected chi connectivity index (χ4v) is 3.63. The van der Waals surface area contributed by atoms with E-state index >= 15 is 0 Å². The first kappa shape index (κ1) is 12.6. The van der Waals surface area contributed by atoms with Gasteiger partial charge in [-0.15, -0.1) is 0 Å². The van der Waals surface area contributed by atoms with Crippen molar-refractivity contribution in [2.45, 2.75) is 38.3 Å². The van der Waals surface area contributed by atoms with Crippen molar-refractivity contribution in [3.63, 3.8) is 0 Å². The van der Waals surface area contributed by atoms with E-state index in [0.717, 1.165) is 18.3 Å². The molecule has 2 atom stereocenters. The van der Waals surface area contributed by atoms with Crippen molar-refractivity contribution in [2.75, 3.05) is 16.8 Å². The van der Waals surface area contributed by atoms with Crippen LogP contribution in [-0.4, -0.2) is 22.6 Å². The third-order valence-corrected chi connectivity index (χ3v) is 4.45. The minimum absolute atomic E-state index is 0.344. The van der Waals surface area contributed by atoms with Crippen LogP contribution in [0.4, 0.5) is 11.8 Å². The highest BCUT2D eigenvalue weighted by atomic mass is 15.3. The molecule has 108 valence electrons. The van der Waals surface area contributed by atoms with Crippen LogP contribution in [0.5, 0.6) is 0 Å². The molecule has 1 aromatic heterocycles. The lowest BCUT2D eigenvalue weighted by Gasteiger charge is -2.30. The van der Waals surface area contributed by atoms with Gasteiger partial charge in [-0.1, -0.05) is 24.3 Å². The number of rotatable bonds is 3. The first-order valence-corrected chi connectivity index (χ1v) is 7.67. The van der Waals surface area contributed by atoms with Crippen molar-refractivity contribution in [3.05, 3.63) is 47.7 Å². The van der Waals surface area contributed by atoms with Crippen molar-refractivity contribution in [1.29, 1.82) is 0 Å². The molecular weight excluding hydrogens is 260 g/mol. The molecule has 2 aromatic rings. The summed E-state index contributed by atoms with van der Waals surface area (Å²) in [5, 5.41) is 3.28. The summed E-state index contributed by atoms with van der Waals surface area (Å²) in [6, 6.07) is 11.7. The van der Waals surface area contributed by atoms with Crippen LogP contribution in [0.25, 0.3) is 0 Å². The van der Waals surface area contributed by atoms with Crippen molar-refractivity contribution >= 4 is 11.8 Å². The molecule has 2 aliphatic rings. The average molecular weight is 280 g/mol. The molecule has 21 heavy (non-hydrogen) atoms. The lowest BCUT2D eigenvalue weighted by atomic mass is 9.99. The molecule has 0 unspecified atom stereocenters. The van der Waals surface area contributed by atoms with Crippen LogP contribution in [-0.2, 0) is 0 Å². The van der Waals surface area contributed by atoms with Gasteiger partial charge in [-0.05, 0) is 37.5 Å². The molecule has 2 bridgehead atoms. The van der Waals surface area contributed by atoms with Crippen LogP contribution >= 0.6 is 0 Å². The molecule has 1 aliphatic heterocycles. The quantitative estimate of drug-likeness (QED) is 0.936. The molecule has 4 nitrogen and oxygen atoms in total. The lowest BCUT2D eigenvalue weighted by molar-refractivity contribution is 0.727. The van der Waals surface area contributed by atoms with Gasteiger partial charge in [0, 0.05) is 24.7 Å². The third kappa shape index (κ3) is 2.06.